The molecule has 0 aromatic carbocycles. The Balaban J connectivity index is 1.26. The van der Waals surface area contributed by atoms with Crippen molar-refractivity contribution in [3.8, 4) is 0 Å². The van der Waals surface area contributed by atoms with Gasteiger partial charge in [-0.25, -0.2) is 15.0 Å². The lowest BCUT2D eigenvalue weighted by Gasteiger charge is -2.22. The van der Waals surface area contributed by atoms with E-state index in [2.05, 4.69) is 31.8 Å². The van der Waals surface area contributed by atoms with Crippen molar-refractivity contribution in [3.63, 3.8) is 0 Å². The van der Waals surface area contributed by atoms with Gasteiger partial charge in [0, 0.05) is 36.1 Å². The van der Waals surface area contributed by atoms with Crippen LogP contribution in [0.2, 0.25) is 0 Å². The summed E-state index contributed by atoms with van der Waals surface area (Å²) in [5.74, 6) is -0.809. The summed E-state index contributed by atoms with van der Waals surface area (Å²) in [5, 5.41) is 5.27. The summed E-state index contributed by atoms with van der Waals surface area (Å²) < 4.78 is 17.4. The molecule has 9 heteroatoms. The number of carbonyl (C=O) groups is 1. The Morgan fingerprint density at radius 1 is 1.33 bits per heavy atom. The maximum absolute atomic E-state index is 13.4. The highest BCUT2D eigenvalue weighted by atomic mass is 32.1. The first kappa shape index (κ1) is 21.3. The minimum Gasteiger partial charge on any atom is -0.339 e. The quantitative estimate of drug-likeness (QED) is 0.407. The number of nitrogens with one attached hydrogen (secondary N) is 1. The molecule has 1 aliphatic heterocycles. The smallest absolute Gasteiger partial charge is 0.274 e. The highest BCUT2D eigenvalue weighted by Crippen LogP contribution is 2.27. The van der Waals surface area contributed by atoms with Crippen LogP contribution in [0.25, 0.3) is 12.2 Å². The number of rotatable bonds is 6. The Bertz CT molecular complexity index is 1320. The van der Waals surface area contributed by atoms with E-state index in [1.165, 1.54) is 42.1 Å². The molecule has 0 saturated heterocycles. The maximum Gasteiger partial charge on any atom is 0.274 e. The number of halogens is 1. The molecule has 0 fully saturated rings. The van der Waals surface area contributed by atoms with E-state index in [-0.39, 0.29) is 5.91 Å². The second-order valence-electron chi connectivity index (χ2n) is 8.10. The van der Waals surface area contributed by atoms with Gasteiger partial charge < -0.3 is 9.13 Å². The van der Waals surface area contributed by atoms with Crippen molar-refractivity contribution in [3.05, 3.63) is 82.7 Å². The number of imidazole rings is 1. The average Bonchev–Trinajstić information content (AvgIpc) is 3.53. The largest absolute Gasteiger partial charge is 0.339 e. The Morgan fingerprint density at radius 2 is 2.24 bits per heavy atom. The molecule has 1 unspecified atom stereocenters. The zero-order chi connectivity index (χ0) is 22.8. The lowest BCUT2D eigenvalue weighted by molar-refractivity contribution is 0.101. The Hall–Kier alpha value is -3.59. The first-order valence-electron chi connectivity index (χ1n) is 10.8. The molecular formula is C24H23FN6OS. The van der Waals surface area contributed by atoms with Gasteiger partial charge in [0.15, 0.2) is 5.13 Å². The summed E-state index contributed by atoms with van der Waals surface area (Å²) in [6, 6.07) is 7.08. The molecule has 0 spiro atoms. The number of fused-ring (bicyclic) bond motifs is 1. The first-order valence-corrected chi connectivity index (χ1v) is 11.7. The summed E-state index contributed by atoms with van der Waals surface area (Å²) in [7, 11) is 0. The third-order valence-corrected chi connectivity index (χ3v) is 6.58. The lowest BCUT2D eigenvalue weighted by Crippen LogP contribution is -2.17. The summed E-state index contributed by atoms with van der Waals surface area (Å²) in [5.41, 5.74) is 4.21. The fraction of sp³-hybridized carbons (Fsp3) is 0.250. The van der Waals surface area contributed by atoms with Crippen molar-refractivity contribution in [1.82, 2.24) is 24.1 Å². The van der Waals surface area contributed by atoms with Crippen LogP contribution in [0, 0.1) is 5.95 Å². The van der Waals surface area contributed by atoms with Crippen molar-refractivity contribution < 1.29 is 9.18 Å². The summed E-state index contributed by atoms with van der Waals surface area (Å²) in [6.45, 7) is 2.59. The molecule has 0 radical (unpaired) electrons. The Morgan fingerprint density at radius 3 is 3.12 bits per heavy atom. The van der Waals surface area contributed by atoms with E-state index in [1.54, 1.807) is 29.0 Å². The van der Waals surface area contributed by atoms with Crippen LogP contribution >= 0.6 is 11.3 Å². The van der Waals surface area contributed by atoms with Gasteiger partial charge in [0.25, 0.3) is 5.91 Å². The van der Waals surface area contributed by atoms with Crippen LogP contribution in [-0.2, 0) is 13.0 Å². The van der Waals surface area contributed by atoms with E-state index >= 15 is 0 Å². The third kappa shape index (κ3) is 4.63. The molecule has 7 nitrogen and oxygen atoms in total. The lowest BCUT2D eigenvalue weighted by atomic mass is 10.0. The van der Waals surface area contributed by atoms with Crippen LogP contribution in [0.15, 0.2) is 48.4 Å². The van der Waals surface area contributed by atoms with E-state index in [9.17, 15) is 9.18 Å². The van der Waals surface area contributed by atoms with Crippen molar-refractivity contribution in [2.75, 3.05) is 5.32 Å². The van der Waals surface area contributed by atoms with Crippen LogP contribution in [0.1, 0.15) is 58.9 Å². The van der Waals surface area contributed by atoms with Crippen molar-refractivity contribution in [2.45, 2.75) is 38.8 Å². The van der Waals surface area contributed by atoms with Crippen LogP contribution < -0.4 is 5.32 Å². The number of nitrogens with zero attached hydrogens (tertiary/aromatic N) is 5. The van der Waals surface area contributed by atoms with Gasteiger partial charge in [-0.1, -0.05) is 0 Å². The molecular weight excluding hydrogens is 439 g/mol. The standard InChI is InChI=1S/C24H23FN6OS/c1-16-4-2-5-20-19(27-15-31(16)20)8-7-18-14-33-24(28-18)29-23(32)21-6-3-11-30(21)13-17-9-10-26-22(25)12-17/h3,6-12,14-16H,2,4-5,13H2,1H3,(H,28,29,32)/b8-7+. The molecule has 0 saturated carbocycles. The van der Waals surface area contributed by atoms with Crippen LogP contribution in [0.4, 0.5) is 9.52 Å². The van der Waals surface area contributed by atoms with Gasteiger partial charge in [0.05, 0.1) is 17.7 Å². The second kappa shape index (κ2) is 9.11. The fourth-order valence-electron chi connectivity index (χ4n) is 4.12. The molecule has 1 aliphatic rings. The highest BCUT2D eigenvalue weighted by molar-refractivity contribution is 7.14. The molecule has 1 N–H and O–H groups in total. The van der Waals surface area contributed by atoms with Gasteiger partial charge in [0.2, 0.25) is 5.95 Å². The van der Waals surface area contributed by atoms with Gasteiger partial charge in [0.1, 0.15) is 5.69 Å². The number of anilines is 1. The molecule has 168 valence electrons. The Labute approximate surface area is 194 Å². The van der Waals surface area contributed by atoms with Crippen molar-refractivity contribution in [2.24, 2.45) is 0 Å². The number of hydrogen-bond acceptors (Lipinski definition) is 5. The molecule has 1 amide bonds. The fourth-order valence-corrected chi connectivity index (χ4v) is 4.80. The molecule has 0 bridgehead atoms. The molecule has 0 aliphatic carbocycles. The van der Waals surface area contributed by atoms with Crippen molar-refractivity contribution in [1.29, 1.82) is 0 Å². The predicted molar refractivity (Wildman–Crippen MR) is 127 cm³/mol. The zero-order valence-corrected chi connectivity index (χ0v) is 18.9. The van der Waals surface area contributed by atoms with Crippen molar-refractivity contribution >= 4 is 34.5 Å². The summed E-state index contributed by atoms with van der Waals surface area (Å²) >= 11 is 1.37. The summed E-state index contributed by atoms with van der Waals surface area (Å²) in [4.78, 5) is 25.4. The van der Waals surface area contributed by atoms with Gasteiger partial charge in [-0.2, -0.15) is 4.39 Å². The van der Waals surface area contributed by atoms with Gasteiger partial charge in [-0.3, -0.25) is 10.1 Å². The molecule has 4 aromatic rings. The molecule has 5 rings (SSSR count). The first-order chi connectivity index (χ1) is 16.1. The topological polar surface area (TPSA) is 77.6 Å². The monoisotopic (exact) mass is 462 g/mol. The van der Waals surface area contributed by atoms with E-state index < -0.39 is 5.95 Å². The van der Waals surface area contributed by atoms with E-state index in [0.717, 1.165) is 23.4 Å². The predicted octanol–water partition coefficient (Wildman–Crippen LogP) is 5.04. The average molecular weight is 463 g/mol. The number of carbonyl (C=O) groups excluding carboxylic acids is 1. The van der Waals surface area contributed by atoms with Gasteiger partial charge in [-0.05, 0) is 68.2 Å². The Kier molecular flexibility index (Phi) is 5.87. The third-order valence-electron chi connectivity index (χ3n) is 5.80. The molecule has 5 heterocycles. The number of amides is 1. The normalized spacial score (nSPS) is 15.6. The molecule has 33 heavy (non-hydrogen) atoms. The zero-order valence-electron chi connectivity index (χ0n) is 18.1. The highest BCUT2D eigenvalue weighted by Gasteiger charge is 2.18. The van der Waals surface area contributed by atoms with Gasteiger partial charge in [-0.15, -0.1) is 11.3 Å². The number of aromatic nitrogens is 5. The van der Waals surface area contributed by atoms with E-state index in [1.807, 2.05) is 23.9 Å². The summed E-state index contributed by atoms with van der Waals surface area (Å²) in [6.07, 6.45) is 12.4. The van der Waals surface area contributed by atoms with Crippen LogP contribution in [0.3, 0.4) is 0 Å². The SMILES string of the molecule is CC1CCCc2c(/C=C/c3csc(NC(=O)c4cccn4Cc4ccnc(F)c4)n3)ncn21. The molecule has 1 atom stereocenters. The number of hydrogen-bond donors (Lipinski definition) is 1. The number of pyridine rings is 1. The van der Waals surface area contributed by atoms with E-state index in [0.29, 0.717) is 23.4 Å². The van der Waals surface area contributed by atoms with E-state index in [4.69, 9.17) is 0 Å². The second-order valence-corrected chi connectivity index (χ2v) is 8.96. The van der Waals surface area contributed by atoms with Gasteiger partial charge >= 0.3 is 0 Å². The maximum atomic E-state index is 13.4. The minimum absolute atomic E-state index is 0.267. The van der Waals surface area contributed by atoms with Crippen LogP contribution in [-0.4, -0.2) is 30.0 Å². The number of thiazole rings is 1. The van der Waals surface area contributed by atoms with Crippen LogP contribution in [0.5, 0.6) is 0 Å². The minimum atomic E-state index is -0.542. The molecule has 4 aromatic heterocycles.